The van der Waals surface area contributed by atoms with E-state index in [0.29, 0.717) is 0 Å². The van der Waals surface area contributed by atoms with Gasteiger partial charge < -0.3 is 4.57 Å². The van der Waals surface area contributed by atoms with E-state index in [1.807, 2.05) is 46.9 Å². The smallest absolute Gasteiger partial charge is 0.160 e. The van der Waals surface area contributed by atoms with E-state index >= 15 is 0 Å². The van der Waals surface area contributed by atoms with E-state index in [9.17, 15) is 0 Å². The maximum Gasteiger partial charge on any atom is 0.160 e. The average molecular weight is 736 g/mol. The zero-order chi connectivity index (χ0) is 36.0. The second-order valence-corrected chi connectivity index (χ2v) is 16.3. The zero-order valence-corrected chi connectivity index (χ0v) is 31.0. The van der Waals surface area contributed by atoms with Crippen LogP contribution in [0.15, 0.2) is 176 Å². The van der Waals surface area contributed by atoms with Gasteiger partial charge in [-0.15, -0.1) is 22.7 Å². The normalized spacial score (nSPS) is 12.0. The van der Waals surface area contributed by atoms with Crippen molar-refractivity contribution in [1.29, 1.82) is 0 Å². The van der Waals surface area contributed by atoms with Gasteiger partial charge in [-0.05, 0) is 71.8 Å². The maximum atomic E-state index is 5.15. The minimum Gasteiger partial charge on any atom is -0.309 e. The molecule has 0 spiro atoms. The quantitative estimate of drug-likeness (QED) is 0.180. The van der Waals surface area contributed by atoms with Crippen LogP contribution < -0.4 is 0 Å². The molecule has 0 fully saturated rings. The van der Waals surface area contributed by atoms with E-state index in [-0.39, 0.29) is 0 Å². The summed E-state index contributed by atoms with van der Waals surface area (Å²) in [5.41, 5.74) is 10.2. The Morgan fingerprint density at radius 3 is 1.91 bits per heavy atom. The fraction of sp³-hybridized carbons (Fsp3) is 0. The third-order valence-corrected chi connectivity index (χ3v) is 13.3. The molecule has 0 amide bonds. The Kier molecular flexibility index (Phi) is 6.67. The number of thiophene rings is 2. The monoisotopic (exact) mass is 735 g/mol. The van der Waals surface area contributed by atoms with Crippen molar-refractivity contribution in [3.8, 4) is 39.5 Å². The zero-order valence-electron chi connectivity index (χ0n) is 29.4. The van der Waals surface area contributed by atoms with Gasteiger partial charge in [0.15, 0.2) is 5.82 Å². The van der Waals surface area contributed by atoms with Gasteiger partial charge in [0, 0.05) is 73.3 Å². The van der Waals surface area contributed by atoms with Crippen molar-refractivity contribution >= 4 is 95.7 Å². The fourth-order valence-corrected chi connectivity index (χ4v) is 10.7. The summed E-state index contributed by atoms with van der Waals surface area (Å²) in [6.07, 6.45) is 0. The van der Waals surface area contributed by atoms with Gasteiger partial charge in [0.05, 0.1) is 22.2 Å². The van der Waals surface area contributed by atoms with Crippen molar-refractivity contribution in [1.82, 2.24) is 14.5 Å². The lowest BCUT2D eigenvalue weighted by atomic mass is 9.97. The van der Waals surface area contributed by atoms with Crippen LogP contribution in [0, 0.1) is 0 Å². The molecule has 8 aromatic carbocycles. The standard InChI is InChI=1S/C50H29N3S2/c1-2-11-30(12-3-1)50-51-41-17-7-4-15-38(41)49(52-50)32-21-24-37-39-27-31(22-25-44(39)55-47(37)28-32)34-16-10-20-46-48(34)40-29-33(23-26-45(40)54-46)53-42-18-8-5-13-35(42)36-14-6-9-19-43(36)53/h1-29H. The first-order valence-corrected chi connectivity index (χ1v) is 20.1. The first-order chi connectivity index (χ1) is 27.2. The Hall–Kier alpha value is -6.66. The summed E-state index contributed by atoms with van der Waals surface area (Å²) in [4.78, 5) is 10.1. The molecular weight excluding hydrogens is 707 g/mol. The van der Waals surface area contributed by atoms with Gasteiger partial charge in [0.2, 0.25) is 0 Å². The number of para-hydroxylation sites is 3. The summed E-state index contributed by atoms with van der Waals surface area (Å²) in [5.74, 6) is 0.743. The van der Waals surface area contributed by atoms with Crippen LogP contribution in [-0.4, -0.2) is 14.5 Å². The molecule has 12 aromatic rings. The van der Waals surface area contributed by atoms with Crippen molar-refractivity contribution in [2.75, 3.05) is 0 Å². The molecule has 4 aromatic heterocycles. The van der Waals surface area contributed by atoms with Crippen molar-refractivity contribution in [3.05, 3.63) is 176 Å². The van der Waals surface area contributed by atoms with Gasteiger partial charge >= 0.3 is 0 Å². The highest BCUT2D eigenvalue weighted by Gasteiger charge is 2.18. The molecule has 3 nitrogen and oxygen atoms in total. The summed E-state index contributed by atoms with van der Waals surface area (Å²) in [5, 5.41) is 8.77. The number of fused-ring (bicyclic) bond motifs is 10. The van der Waals surface area contributed by atoms with Crippen LogP contribution in [0.3, 0.4) is 0 Å². The van der Waals surface area contributed by atoms with Crippen molar-refractivity contribution in [2.45, 2.75) is 0 Å². The molecule has 0 radical (unpaired) electrons. The number of aromatic nitrogens is 3. The van der Waals surface area contributed by atoms with Gasteiger partial charge in [0.25, 0.3) is 0 Å². The first-order valence-electron chi connectivity index (χ1n) is 18.5. The third kappa shape index (κ3) is 4.74. The highest BCUT2D eigenvalue weighted by molar-refractivity contribution is 7.26. The number of nitrogens with zero attached hydrogens (tertiary/aromatic N) is 3. The van der Waals surface area contributed by atoms with Crippen molar-refractivity contribution < 1.29 is 0 Å². The van der Waals surface area contributed by atoms with Gasteiger partial charge in [-0.3, -0.25) is 0 Å². The van der Waals surface area contributed by atoms with E-state index < -0.39 is 0 Å². The summed E-state index contributed by atoms with van der Waals surface area (Å²) in [6.45, 7) is 0. The minimum absolute atomic E-state index is 0.743. The molecule has 0 saturated heterocycles. The molecule has 0 aliphatic carbocycles. The van der Waals surface area contributed by atoms with Crippen molar-refractivity contribution in [3.63, 3.8) is 0 Å². The van der Waals surface area contributed by atoms with Crippen LogP contribution in [0.1, 0.15) is 0 Å². The molecule has 0 atom stereocenters. The molecular formula is C50H29N3S2. The van der Waals surface area contributed by atoms with E-state index in [1.54, 1.807) is 0 Å². The Bertz CT molecular complexity index is 3450. The number of hydrogen-bond donors (Lipinski definition) is 0. The SMILES string of the molecule is c1ccc(-c2nc(-c3ccc4c(c3)sc3ccc(-c5cccc6sc7ccc(-n8c9ccccc9c9ccccc98)cc7c56)cc34)c3ccccc3n2)cc1. The fourth-order valence-electron chi connectivity index (χ4n) is 8.50. The molecule has 0 bridgehead atoms. The summed E-state index contributed by atoms with van der Waals surface area (Å²) in [7, 11) is 0. The molecule has 4 heterocycles. The molecule has 256 valence electrons. The van der Waals surface area contributed by atoms with Crippen LogP contribution in [-0.2, 0) is 0 Å². The second kappa shape index (κ2) is 11.9. The van der Waals surface area contributed by atoms with Crippen LogP contribution in [0.25, 0.3) is 113 Å². The Labute approximate surface area is 324 Å². The minimum atomic E-state index is 0.743. The summed E-state index contributed by atoms with van der Waals surface area (Å²) < 4.78 is 7.56. The van der Waals surface area contributed by atoms with E-state index in [4.69, 9.17) is 9.97 Å². The molecule has 55 heavy (non-hydrogen) atoms. The number of hydrogen-bond acceptors (Lipinski definition) is 4. The molecule has 0 saturated carbocycles. The van der Waals surface area contributed by atoms with Gasteiger partial charge in [-0.25, -0.2) is 9.97 Å². The van der Waals surface area contributed by atoms with E-state index in [1.165, 1.54) is 79.0 Å². The average Bonchev–Trinajstić information content (AvgIpc) is 3.92. The lowest BCUT2D eigenvalue weighted by Gasteiger charge is -2.10. The summed E-state index contributed by atoms with van der Waals surface area (Å²) >= 11 is 3.72. The Balaban J connectivity index is 1.01. The number of benzene rings is 8. The summed E-state index contributed by atoms with van der Waals surface area (Å²) in [6, 6.07) is 63.6. The van der Waals surface area contributed by atoms with Gasteiger partial charge in [-0.1, -0.05) is 115 Å². The lowest BCUT2D eigenvalue weighted by molar-refractivity contribution is 1.19. The van der Waals surface area contributed by atoms with Crippen LogP contribution in [0.2, 0.25) is 0 Å². The third-order valence-electron chi connectivity index (χ3n) is 11.0. The molecule has 5 heteroatoms. The largest absolute Gasteiger partial charge is 0.309 e. The topological polar surface area (TPSA) is 30.7 Å². The van der Waals surface area contributed by atoms with Crippen LogP contribution >= 0.6 is 22.7 Å². The Morgan fingerprint density at radius 2 is 1.07 bits per heavy atom. The Morgan fingerprint density at radius 1 is 0.382 bits per heavy atom. The van der Waals surface area contributed by atoms with Gasteiger partial charge in [-0.2, -0.15) is 0 Å². The lowest BCUT2D eigenvalue weighted by Crippen LogP contribution is -1.94. The highest BCUT2D eigenvalue weighted by Crippen LogP contribution is 2.44. The van der Waals surface area contributed by atoms with Crippen LogP contribution in [0.4, 0.5) is 0 Å². The molecule has 0 aliphatic heterocycles. The molecule has 0 unspecified atom stereocenters. The first kappa shape index (κ1) is 30.8. The van der Waals surface area contributed by atoms with E-state index in [0.717, 1.165) is 33.5 Å². The maximum absolute atomic E-state index is 5.15. The highest BCUT2D eigenvalue weighted by atomic mass is 32.1. The predicted octanol–water partition coefficient (Wildman–Crippen LogP) is 14.5. The van der Waals surface area contributed by atoms with Crippen LogP contribution in [0.5, 0.6) is 0 Å². The van der Waals surface area contributed by atoms with Crippen molar-refractivity contribution in [2.24, 2.45) is 0 Å². The predicted molar refractivity (Wildman–Crippen MR) is 236 cm³/mol. The molecule has 0 N–H and O–H groups in total. The number of rotatable bonds is 4. The second-order valence-electron chi connectivity index (χ2n) is 14.1. The molecule has 0 aliphatic rings. The van der Waals surface area contributed by atoms with Gasteiger partial charge in [0.1, 0.15) is 0 Å². The molecule has 12 rings (SSSR count). The van der Waals surface area contributed by atoms with E-state index in [2.05, 4.69) is 156 Å².